The Morgan fingerprint density at radius 2 is 1.93 bits per heavy atom. The van der Waals surface area contributed by atoms with Crippen LogP contribution < -0.4 is 10.9 Å². The molecular weight excluding hydrogens is 357 g/mol. The minimum atomic E-state index is -0.422. The molecule has 7 heteroatoms. The standard InChI is InChI=1S/C21H22FN5O/c1-26-15-5-6-16(26)11-17(10-15)27-20(28)18-9-13(22)4-7-19(18)25-21(27)24-14-3-2-8-23-12-14/h2-4,7-9,12,15-17H,5-6,10-11H2,1H3,(H,24,25)/t15-,16+,17+. The van der Waals surface area contributed by atoms with Crippen LogP contribution in [-0.2, 0) is 0 Å². The van der Waals surface area contributed by atoms with Gasteiger partial charge in [-0.2, -0.15) is 0 Å². The zero-order valence-electron chi connectivity index (χ0n) is 15.7. The highest BCUT2D eigenvalue weighted by molar-refractivity contribution is 5.79. The topological polar surface area (TPSA) is 63.1 Å². The Morgan fingerprint density at radius 3 is 2.64 bits per heavy atom. The molecule has 2 bridgehead atoms. The normalized spacial score (nSPS) is 24.6. The predicted octanol–water partition coefficient (Wildman–Crippen LogP) is 3.47. The molecule has 3 atom stereocenters. The van der Waals surface area contributed by atoms with Crippen LogP contribution in [0, 0.1) is 5.82 Å². The molecule has 0 spiro atoms. The van der Waals surface area contributed by atoms with Crippen LogP contribution in [0.25, 0.3) is 10.9 Å². The quantitative estimate of drug-likeness (QED) is 0.755. The molecule has 4 heterocycles. The van der Waals surface area contributed by atoms with E-state index in [0.29, 0.717) is 28.9 Å². The van der Waals surface area contributed by atoms with Gasteiger partial charge in [0, 0.05) is 24.3 Å². The smallest absolute Gasteiger partial charge is 0.263 e. The molecule has 1 aromatic carbocycles. The number of pyridine rings is 1. The highest BCUT2D eigenvalue weighted by Crippen LogP contribution is 2.40. The third-order valence-corrected chi connectivity index (χ3v) is 6.22. The second-order valence-corrected chi connectivity index (χ2v) is 7.81. The molecule has 28 heavy (non-hydrogen) atoms. The van der Waals surface area contributed by atoms with Gasteiger partial charge < -0.3 is 10.2 Å². The van der Waals surface area contributed by atoms with E-state index in [1.54, 1.807) is 23.0 Å². The molecule has 0 amide bonds. The fraction of sp³-hybridized carbons (Fsp3) is 0.381. The molecule has 5 rings (SSSR count). The van der Waals surface area contributed by atoms with Gasteiger partial charge in [-0.15, -0.1) is 0 Å². The van der Waals surface area contributed by atoms with Crippen molar-refractivity contribution < 1.29 is 4.39 Å². The number of halogens is 1. The van der Waals surface area contributed by atoms with Crippen molar-refractivity contribution in [1.29, 1.82) is 0 Å². The minimum Gasteiger partial charge on any atom is -0.324 e. The van der Waals surface area contributed by atoms with Crippen molar-refractivity contribution in [3.63, 3.8) is 0 Å². The van der Waals surface area contributed by atoms with E-state index in [9.17, 15) is 9.18 Å². The molecule has 2 fully saturated rings. The van der Waals surface area contributed by atoms with Crippen molar-refractivity contribution in [3.05, 3.63) is 58.9 Å². The van der Waals surface area contributed by atoms with Crippen LogP contribution in [0.1, 0.15) is 31.7 Å². The van der Waals surface area contributed by atoms with E-state index >= 15 is 0 Å². The van der Waals surface area contributed by atoms with Gasteiger partial charge in [0.15, 0.2) is 0 Å². The summed E-state index contributed by atoms with van der Waals surface area (Å²) in [6.45, 7) is 0. The van der Waals surface area contributed by atoms with Gasteiger partial charge in [0.25, 0.3) is 5.56 Å². The molecule has 3 aromatic rings. The first-order valence-corrected chi connectivity index (χ1v) is 9.71. The van der Waals surface area contributed by atoms with Crippen LogP contribution in [0.2, 0.25) is 0 Å². The van der Waals surface area contributed by atoms with Gasteiger partial charge in [-0.3, -0.25) is 14.3 Å². The lowest BCUT2D eigenvalue weighted by atomic mass is 9.97. The van der Waals surface area contributed by atoms with Gasteiger partial charge in [0.1, 0.15) is 5.82 Å². The Kier molecular flexibility index (Phi) is 4.12. The van der Waals surface area contributed by atoms with Gasteiger partial charge in [0.05, 0.1) is 22.8 Å². The van der Waals surface area contributed by atoms with E-state index in [2.05, 4.69) is 27.2 Å². The molecule has 1 N–H and O–H groups in total. The molecule has 0 unspecified atom stereocenters. The van der Waals surface area contributed by atoms with E-state index in [-0.39, 0.29) is 11.6 Å². The van der Waals surface area contributed by atoms with Crippen LogP contribution in [0.4, 0.5) is 16.0 Å². The van der Waals surface area contributed by atoms with Crippen molar-refractivity contribution in [2.75, 3.05) is 12.4 Å². The van der Waals surface area contributed by atoms with E-state index in [1.807, 2.05) is 12.1 Å². The highest BCUT2D eigenvalue weighted by atomic mass is 19.1. The summed E-state index contributed by atoms with van der Waals surface area (Å²) in [5, 5.41) is 3.58. The van der Waals surface area contributed by atoms with Gasteiger partial charge in [0.2, 0.25) is 5.95 Å². The summed E-state index contributed by atoms with van der Waals surface area (Å²) in [6, 6.07) is 8.90. The third kappa shape index (κ3) is 2.86. The molecule has 6 nitrogen and oxygen atoms in total. The van der Waals surface area contributed by atoms with Crippen LogP contribution in [0.15, 0.2) is 47.5 Å². The lowest BCUT2D eigenvalue weighted by Crippen LogP contribution is -2.43. The average molecular weight is 379 g/mol. The summed E-state index contributed by atoms with van der Waals surface area (Å²) < 4.78 is 15.6. The molecule has 2 aliphatic rings. The Bertz CT molecular complexity index is 1070. The number of hydrogen-bond donors (Lipinski definition) is 1. The first-order chi connectivity index (χ1) is 13.6. The molecule has 0 aliphatic carbocycles. The molecule has 2 aromatic heterocycles. The number of nitrogens with one attached hydrogen (secondary N) is 1. The Labute approximate surface area is 162 Å². The summed E-state index contributed by atoms with van der Waals surface area (Å²) in [4.78, 5) is 24.6. The monoisotopic (exact) mass is 379 g/mol. The predicted molar refractivity (Wildman–Crippen MR) is 106 cm³/mol. The fourth-order valence-corrected chi connectivity index (χ4v) is 4.76. The van der Waals surface area contributed by atoms with Gasteiger partial charge in [-0.05, 0) is 63.1 Å². The van der Waals surface area contributed by atoms with E-state index in [1.165, 1.54) is 12.1 Å². The van der Waals surface area contributed by atoms with E-state index in [0.717, 1.165) is 31.4 Å². The van der Waals surface area contributed by atoms with Crippen molar-refractivity contribution in [2.45, 2.75) is 43.8 Å². The lowest BCUT2D eigenvalue weighted by Gasteiger charge is -2.37. The molecule has 144 valence electrons. The van der Waals surface area contributed by atoms with Crippen LogP contribution in [0.3, 0.4) is 0 Å². The average Bonchev–Trinajstić information content (AvgIpc) is 2.90. The molecule has 2 saturated heterocycles. The lowest BCUT2D eigenvalue weighted by molar-refractivity contribution is 0.136. The molecular formula is C21H22FN5O. The van der Waals surface area contributed by atoms with Crippen molar-refractivity contribution >= 4 is 22.5 Å². The molecule has 0 saturated carbocycles. The summed E-state index contributed by atoms with van der Waals surface area (Å²) >= 11 is 0. The number of nitrogens with zero attached hydrogens (tertiary/aromatic N) is 4. The number of fused-ring (bicyclic) bond motifs is 3. The number of rotatable bonds is 3. The van der Waals surface area contributed by atoms with Crippen molar-refractivity contribution in [2.24, 2.45) is 0 Å². The maximum atomic E-state index is 13.8. The van der Waals surface area contributed by atoms with Crippen molar-refractivity contribution in [1.82, 2.24) is 19.4 Å². The number of anilines is 2. The third-order valence-electron chi connectivity index (χ3n) is 6.22. The maximum absolute atomic E-state index is 13.8. The van der Waals surface area contributed by atoms with Crippen LogP contribution in [-0.4, -0.2) is 38.6 Å². The first-order valence-electron chi connectivity index (χ1n) is 9.71. The van der Waals surface area contributed by atoms with E-state index < -0.39 is 5.82 Å². The number of piperidine rings is 1. The Hall–Kier alpha value is -2.80. The Balaban J connectivity index is 1.65. The number of benzene rings is 1. The van der Waals surface area contributed by atoms with E-state index in [4.69, 9.17) is 0 Å². The van der Waals surface area contributed by atoms with Crippen LogP contribution >= 0.6 is 0 Å². The zero-order chi connectivity index (χ0) is 19.3. The summed E-state index contributed by atoms with van der Waals surface area (Å²) in [5.74, 6) is 0.0698. The molecule has 2 aliphatic heterocycles. The minimum absolute atomic E-state index is 0.0422. The van der Waals surface area contributed by atoms with Gasteiger partial charge in [-0.25, -0.2) is 9.37 Å². The summed E-state index contributed by atoms with van der Waals surface area (Å²) in [7, 11) is 2.17. The second-order valence-electron chi connectivity index (χ2n) is 7.81. The maximum Gasteiger partial charge on any atom is 0.263 e. The van der Waals surface area contributed by atoms with Crippen molar-refractivity contribution in [3.8, 4) is 0 Å². The van der Waals surface area contributed by atoms with Crippen LogP contribution in [0.5, 0.6) is 0 Å². The number of aromatic nitrogens is 3. The van der Waals surface area contributed by atoms with Gasteiger partial charge >= 0.3 is 0 Å². The summed E-state index contributed by atoms with van der Waals surface area (Å²) in [5.41, 5.74) is 1.07. The Morgan fingerprint density at radius 1 is 1.14 bits per heavy atom. The zero-order valence-corrected chi connectivity index (χ0v) is 15.7. The highest BCUT2D eigenvalue weighted by Gasteiger charge is 2.40. The number of hydrogen-bond acceptors (Lipinski definition) is 5. The SMILES string of the molecule is CN1[C@@H]2CC[C@H]1C[C@@H](n1c(Nc3cccnc3)nc3ccc(F)cc3c1=O)C2. The van der Waals surface area contributed by atoms with Gasteiger partial charge in [-0.1, -0.05) is 0 Å². The largest absolute Gasteiger partial charge is 0.324 e. The second kappa shape index (κ2) is 6.67. The molecule has 0 radical (unpaired) electrons. The fourth-order valence-electron chi connectivity index (χ4n) is 4.76. The summed E-state index contributed by atoms with van der Waals surface area (Å²) in [6.07, 6.45) is 7.52. The first kappa shape index (κ1) is 17.3.